The molecule has 5 heteroatoms. The normalized spacial score (nSPS) is 10.7. The lowest BCUT2D eigenvalue weighted by atomic mass is 10.1. The third-order valence-electron chi connectivity index (χ3n) is 3.60. The third kappa shape index (κ3) is 2.63. The number of ether oxygens (including phenoxy) is 1. The van der Waals surface area contributed by atoms with E-state index in [-0.39, 0.29) is 0 Å². The Kier molecular flexibility index (Phi) is 4.31. The number of carbonyl (C=O) groups is 2. The Balaban J connectivity index is 2.52. The van der Waals surface area contributed by atoms with Crippen LogP contribution < -0.4 is 4.74 Å². The summed E-state index contributed by atoms with van der Waals surface area (Å²) in [5, 5.41) is 0.661. The topological polar surface area (TPSA) is 62.4 Å². The number of aromatic nitrogens is 1. The summed E-state index contributed by atoms with van der Waals surface area (Å²) in [5.41, 5.74) is 2.18. The van der Waals surface area contributed by atoms with Gasteiger partial charge >= 0.3 is 0 Å². The van der Waals surface area contributed by atoms with Crippen LogP contribution in [0.1, 0.15) is 29.8 Å². The van der Waals surface area contributed by atoms with Gasteiger partial charge in [-0.15, -0.1) is 0 Å². The average molecular weight is 288 g/mol. The van der Waals surface area contributed by atoms with Gasteiger partial charge in [-0.1, -0.05) is 0 Å². The number of fused-ring (bicyclic) bond motifs is 1. The minimum Gasteiger partial charge on any atom is -0.496 e. The van der Waals surface area contributed by atoms with Crippen molar-refractivity contribution in [3.8, 4) is 5.75 Å². The number of nitrogens with one attached hydrogen (secondary N) is 1. The van der Waals surface area contributed by atoms with Crippen molar-refractivity contribution in [2.45, 2.75) is 20.8 Å². The summed E-state index contributed by atoms with van der Waals surface area (Å²) in [6, 6.07) is 3.78. The Labute approximate surface area is 123 Å². The predicted octanol–water partition coefficient (Wildman–Crippen LogP) is 2.54. The molecule has 1 N–H and O–H groups in total. The lowest BCUT2D eigenvalue weighted by Crippen LogP contribution is -2.36. The number of benzene rings is 1. The van der Waals surface area contributed by atoms with Crippen LogP contribution in [0.3, 0.4) is 0 Å². The van der Waals surface area contributed by atoms with Gasteiger partial charge in [0.1, 0.15) is 5.75 Å². The van der Waals surface area contributed by atoms with Gasteiger partial charge in [0.15, 0.2) is 0 Å². The first-order valence-corrected chi connectivity index (χ1v) is 7.02. The largest absolute Gasteiger partial charge is 0.496 e. The minimum absolute atomic E-state index is 0.360. The fraction of sp³-hybridized carbons (Fsp3) is 0.375. The Hall–Kier alpha value is -2.30. The number of ketones is 1. The zero-order chi connectivity index (χ0) is 15.6. The molecule has 0 spiro atoms. The van der Waals surface area contributed by atoms with Crippen LogP contribution in [0.5, 0.6) is 5.75 Å². The molecule has 0 unspecified atom stereocenters. The SMILES string of the molecule is CCN(CC)C(=O)C(=O)c1c[nH]c2cc(C)cc(OC)c12. The van der Waals surface area contributed by atoms with E-state index in [1.54, 1.807) is 13.3 Å². The van der Waals surface area contributed by atoms with Gasteiger partial charge in [0.2, 0.25) is 0 Å². The van der Waals surface area contributed by atoms with Gasteiger partial charge in [-0.2, -0.15) is 0 Å². The van der Waals surface area contributed by atoms with Crippen LogP contribution >= 0.6 is 0 Å². The standard InChI is InChI=1S/C16H20N2O3/c1-5-18(6-2)16(20)15(19)11-9-17-12-7-10(3)8-13(21-4)14(11)12/h7-9,17H,5-6H2,1-4H3. The molecule has 21 heavy (non-hydrogen) atoms. The molecule has 1 aromatic carbocycles. The van der Waals surface area contributed by atoms with Gasteiger partial charge in [-0.3, -0.25) is 9.59 Å². The molecule has 0 aliphatic heterocycles. The average Bonchev–Trinajstić information content (AvgIpc) is 2.90. The zero-order valence-electron chi connectivity index (χ0n) is 12.8. The fourth-order valence-electron chi connectivity index (χ4n) is 2.48. The van der Waals surface area contributed by atoms with E-state index in [0.29, 0.717) is 29.8 Å². The van der Waals surface area contributed by atoms with Crippen LogP contribution in [0.15, 0.2) is 18.3 Å². The molecule has 2 aromatic rings. The number of aryl methyl sites for hydroxylation is 1. The van der Waals surface area contributed by atoms with E-state index < -0.39 is 11.7 Å². The Morgan fingerprint density at radius 1 is 1.24 bits per heavy atom. The van der Waals surface area contributed by atoms with Crippen molar-refractivity contribution in [2.24, 2.45) is 0 Å². The zero-order valence-corrected chi connectivity index (χ0v) is 12.8. The van der Waals surface area contributed by atoms with Crippen LogP contribution in [0.2, 0.25) is 0 Å². The Morgan fingerprint density at radius 2 is 1.90 bits per heavy atom. The number of rotatable bonds is 5. The molecule has 0 saturated heterocycles. The van der Waals surface area contributed by atoms with E-state index in [2.05, 4.69) is 4.98 Å². The van der Waals surface area contributed by atoms with E-state index in [0.717, 1.165) is 11.1 Å². The van der Waals surface area contributed by atoms with E-state index in [1.807, 2.05) is 32.9 Å². The molecule has 0 atom stereocenters. The number of hydrogen-bond donors (Lipinski definition) is 1. The summed E-state index contributed by atoms with van der Waals surface area (Å²) in [5.74, 6) is -0.391. The van der Waals surface area contributed by atoms with E-state index in [4.69, 9.17) is 4.74 Å². The third-order valence-corrected chi connectivity index (χ3v) is 3.60. The maximum Gasteiger partial charge on any atom is 0.295 e. The molecular weight excluding hydrogens is 268 g/mol. The van der Waals surface area contributed by atoms with Crippen molar-refractivity contribution in [3.63, 3.8) is 0 Å². The monoisotopic (exact) mass is 288 g/mol. The van der Waals surface area contributed by atoms with Crippen LogP contribution in [-0.4, -0.2) is 41.8 Å². The second-order valence-corrected chi connectivity index (χ2v) is 4.90. The summed E-state index contributed by atoms with van der Waals surface area (Å²) in [7, 11) is 1.56. The van der Waals surface area contributed by atoms with Crippen molar-refractivity contribution >= 4 is 22.6 Å². The molecule has 0 fully saturated rings. The van der Waals surface area contributed by atoms with Gasteiger partial charge in [-0.05, 0) is 38.5 Å². The number of H-pyrrole nitrogens is 1. The minimum atomic E-state index is -0.507. The maximum absolute atomic E-state index is 12.5. The molecule has 1 amide bonds. The lowest BCUT2D eigenvalue weighted by molar-refractivity contribution is -0.126. The smallest absolute Gasteiger partial charge is 0.295 e. The molecule has 0 radical (unpaired) electrons. The van der Waals surface area contributed by atoms with E-state index in [9.17, 15) is 9.59 Å². The molecular formula is C16H20N2O3. The number of methoxy groups -OCH3 is 1. The van der Waals surface area contributed by atoms with Crippen LogP contribution in [0.25, 0.3) is 10.9 Å². The van der Waals surface area contributed by atoms with Crippen LogP contribution in [0, 0.1) is 6.92 Å². The highest BCUT2D eigenvalue weighted by molar-refractivity contribution is 6.45. The summed E-state index contributed by atoms with van der Waals surface area (Å²) < 4.78 is 5.35. The van der Waals surface area contributed by atoms with Crippen LogP contribution in [0.4, 0.5) is 0 Å². The van der Waals surface area contributed by atoms with Crippen molar-refractivity contribution in [2.75, 3.05) is 20.2 Å². The van der Waals surface area contributed by atoms with Gasteiger partial charge < -0.3 is 14.6 Å². The lowest BCUT2D eigenvalue weighted by Gasteiger charge is -2.17. The maximum atomic E-state index is 12.5. The first-order valence-electron chi connectivity index (χ1n) is 7.02. The first-order chi connectivity index (χ1) is 10.0. The van der Waals surface area contributed by atoms with Gasteiger partial charge in [0.25, 0.3) is 11.7 Å². The van der Waals surface area contributed by atoms with Crippen molar-refractivity contribution in [1.82, 2.24) is 9.88 Å². The fourth-order valence-corrected chi connectivity index (χ4v) is 2.48. The second kappa shape index (κ2) is 5.99. The summed E-state index contributed by atoms with van der Waals surface area (Å²) in [6.45, 7) is 6.69. The summed E-state index contributed by atoms with van der Waals surface area (Å²) in [4.78, 5) is 29.3. The highest BCUT2D eigenvalue weighted by atomic mass is 16.5. The highest BCUT2D eigenvalue weighted by Crippen LogP contribution is 2.30. The molecule has 2 rings (SSSR count). The molecule has 1 aromatic heterocycles. The molecule has 0 saturated carbocycles. The Morgan fingerprint density at radius 3 is 2.48 bits per heavy atom. The number of likely N-dealkylation sites (N-methyl/N-ethyl adjacent to an activating group) is 1. The van der Waals surface area contributed by atoms with Crippen LogP contribution in [-0.2, 0) is 4.79 Å². The second-order valence-electron chi connectivity index (χ2n) is 4.90. The predicted molar refractivity (Wildman–Crippen MR) is 81.8 cm³/mol. The molecule has 0 aliphatic carbocycles. The Bertz CT molecular complexity index is 684. The van der Waals surface area contributed by atoms with E-state index in [1.165, 1.54) is 4.90 Å². The van der Waals surface area contributed by atoms with Crippen molar-refractivity contribution in [3.05, 3.63) is 29.5 Å². The van der Waals surface area contributed by atoms with Gasteiger partial charge in [-0.25, -0.2) is 0 Å². The highest BCUT2D eigenvalue weighted by Gasteiger charge is 2.25. The molecule has 0 aliphatic rings. The molecule has 112 valence electrons. The summed E-state index contributed by atoms with van der Waals surface area (Å²) >= 11 is 0. The molecule has 1 heterocycles. The number of Topliss-reactive ketones (excluding diaryl/α,β-unsaturated/α-hetero) is 1. The number of amides is 1. The number of hydrogen-bond acceptors (Lipinski definition) is 3. The van der Waals surface area contributed by atoms with Crippen molar-refractivity contribution < 1.29 is 14.3 Å². The van der Waals surface area contributed by atoms with E-state index >= 15 is 0 Å². The van der Waals surface area contributed by atoms with Crippen molar-refractivity contribution in [1.29, 1.82) is 0 Å². The first kappa shape index (κ1) is 15.1. The quantitative estimate of drug-likeness (QED) is 0.679. The number of carbonyl (C=O) groups excluding carboxylic acids is 2. The summed E-state index contributed by atoms with van der Waals surface area (Å²) in [6.07, 6.45) is 1.58. The molecule has 0 bridgehead atoms. The number of nitrogens with zero attached hydrogens (tertiary/aromatic N) is 1. The number of aromatic amines is 1. The van der Waals surface area contributed by atoms with Gasteiger partial charge in [0.05, 0.1) is 23.6 Å². The molecule has 5 nitrogen and oxygen atoms in total. The van der Waals surface area contributed by atoms with Gasteiger partial charge in [0, 0.05) is 19.3 Å².